The van der Waals surface area contributed by atoms with Crippen molar-refractivity contribution >= 4 is 5.91 Å². The van der Waals surface area contributed by atoms with Gasteiger partial charge in [-0.2, -0.15) is 0 Å². The van der Waals surface area contributed by atoms with Crippen LogP contribution in [0.5, 0.6) is 0 Å². The van der Waals surface area contributed by atoms with E-state index in [1.165, 1.54) is 186 Å². The fourth-order valence-corrected chi connectivity index (χ4v) is 9.11. The number of carbonyl (C=O) groups excluding carboxylic acids is 1. The quantitative estimate of drug-likeness (QED) is 0.0215. The summed E-state index contributed by atoms with van der Waals surface area (Å²) in [5.41, 5.74) is 0. The second-order valence-corrected chi connectivity index (χ2v) is 20.0. The molecule has 9 atom stereocenters. The predicted molar refractivity (Wildman–Crippen MR) is 275 cm³/mol. The molecule has 67 heavy (non-hydrogen) atoms. The van der Waals surface area contributed by atoms with Gasteiger partial charge in [0.15, 0.2) is 6.29 Å². The minimum atomic E-state index is -1.66. The van der Waals surface area contributed by atoms with Crippen molar-refractivity contribution in [1.29, 1.82) is 0 Å². The molecule has 1 amide bonds. The second-order valence-electron chi connectivity index (χ2n) is 20.0. The van der Waals surface area contributed by atoms with Gasteiger partial charge in [0.05, 0.1) is 25.4 Å². The van der Waals surface area contributed by atoms with Gasteiger partial charge in [0.2, 0.25) is 5.91 Å². The number of aliphatic hydroxyl groups excluding tert-OH is 7. The summed E-state index contributed by atoms with van der Waals surface area (Å²) in [4.78, 5) is 12.9. The average molecular weight is 954 g/mol. The van der Waals surface area contributed by atoms with Crippen LogP contribution in [0.4, 0.5) is 0 Å². The van der Waals surface area contributed by atoms with E-state index in [0.29, 0.717) is 12.8 Å². The molecule has 1 rings (SSSR count). The van der Waals surface area contributed by atoms with Gasteiger partial charge in [0, 0.05) is 0 Å². The normalized spacial score (nSPS) is 20.8. The summed E-state index contributed by atoms with van der Waals surface area (Å²) in [6.45, 7) is 3.18. The third kappa shape index (κ3) is 34.5. The molecule has 8 N–H and O–H groups in total. The van der Waals surface area contributed by atoms with Crippen LogP contribution in [-0.4, -0.2) is 110 Å². The number of hydrogen-bond donors (Lipinski definition) is 8. The number of nitrogens with one attached hydrogen (secondary N) is 1. The standard InChI is InChI=1S/C56H107NO10/c1-3-5-7-8-9-10-11-12-13-14-15-16-17-18-19-20-21-22-23-24-25-26-27-28-29-30-31-32-33-34-35-36-37-38-39-40-41-42-44-49(60)55(65)57-47(51(61)48(59)43-6-4-2)46-66-56-54(64)53(63)52(62)50(45-58)67-56/h21-22,24-25,47-54,56,58-64H,3-20,23,26-46H2,1-2H3,(H,57,65)/b22-21-,25-24-. The van der Waals surface area contributed by atoms with Crippen molar-refractivity contribution in [1.82, 2.24) is 5.32 Å². The summed E-state index contributed by atoms with van der Waals surface area (Å²) in [6, 6.07) is -1.16. The molecule has 396 valence electrons. The van der Waals surface area contributed by atoms with E-state index < -0.39 is 74.2 Å². The van der Waals surface area contributed by atoms with Crippen LogP contribution in [-0.2, 0) is 14.3 Å². The number of amides is 1. The van der Waals surface area contributed by atoms with Crippen molar-refractivity contribution in [2.45, 2.75) is 313 Å². The highest BCUT2D eigenvalue weighted by atomic mass is 16.7. The molecular formula is C56H107NO10. The van der Waals surface area contributed by atoms with Crippen LogP contribution >= 0.6 is 0 Å². The van der Waals surface area contributed by atoms with Gasteiger partial charge in [-0.15, -0.1) is 0 Å². The highest BCUT2D eigenvalue weighted by Gasteiger charge is 2.44. The topological polar surface area (TPSA) is 189 Å². The Morgan fingerprint density at radius 2 is 0.925 bits per heavy atom. The SMILES string of the molecule is CCCCCCCCCCCCCCCCC/C=C\C/C=C\CCCCCCCCCCCCCCCCCCC(O)C(=O)NC(COC1OC(CO)C(O)C(O)C1O)C(O)C(O)CCCC. The lowest BCUT2D eigenvalue weighted by molar-refractivity contribution is -0.303. The molecule has 1 aliphatic heterocycles. The minimum absolute atomic E-state index is 0.260. The van der Waals surface area contributed by atoms with Crippen LogP contribution < -0.4 is 5.32 Å². The fraction of sp³-hybridized carbons (Fsp3) is 0.911. The summed E-state index contributed by atoms with van der Waals surface area (Å²) in [6.07, 6.45) is 44.5. The molecule has 1 heterocycles. The molecule has 11 heteroatoms. The lowest BCUT2D eigenvalue weighted by Crippen LogP contribution is -2.60. The Morgan fingerprint density at radius 3 is 1.34 bits per heavy atom. The number of unbranched alkanes of at least 4 members (excludes halogenated alkanes) is 32. The molecule has 0 aromatic heterocycles. The highest BCUT2D eigenvalue weighted by molar-refractivity contribution is 5.80. The maximum Gasteiger partial charge on any atom is 0.249 e. The highest BCUT2D eigenvalue weighted by Crippen LogP contribution is 2.23. The smallest absolute Gasteiger partial charge is 0.249 e. The van der Waals surface area contributed by atoms with E-state index in [1.807, 2.05) is 6.92 Å². The van der Waals surface area contributed by atoms with E-state index in [2.05, 4.69) is 36.5 Å². The number of allylic oxidation sites excluding steroid dienone is 4. The van der Waals surface area contributed by atoms with Crippen molar-refractivity contribution in [2.75, 3.05) is 13.2 Å². The molecule has 0 saturated carbocycles. The molecule has 1 fully saturated rings. The first-order valence-electron chi connectivity index (χ1n) is 28.2. The summed E-state index contributed by atoms with van der Waals surface area (Å²) >= 11 is 0. The predicted octanol–water partition coefficient (Wildman–Crippen LogP) is 11.3. The Morgan fingerprint density at radius 1 is 0.522 bits per heavy atom. The van der Waals surface area contributed by atoms with Crippen LogP contribution in [0.15, 0.2) is 24.3 Å². The molecule has 1 aliphatic rings. The Bertz CT molecular complexity index is 1140. The van der Waals surface area contributed by atoms with E-state index in [9.17, 15) is 40.5 Å². The zero-order valence-corrected chi connectivity index (χ0v) is 43.1. The van der Waals surface area contributed by atoms with E-state index >= 15 is 0 Å². The first kappa shape index (κ1) is 63.6. The van der Waals surface area contributed by atoms with Gasteiger partial charge in [-0.05, 0) is 44.9 Å². The Labute approximate surface area is 410 Å². The van der Waals surface area contributed by atoms with Gasteiger partial charge in [-0.1, -0.05) is 237 Å². The number of hydrogen-bond acceptors (Lipinski definition) is 10. The fourth-order valence-electron chi connectivity index (χ4n) is 9.11. The first-order valence-corrected chi connectivity index (χ1v) is 28.2. The lowest BCUT2D eigenvalue weighted by Gasteiger charge is -2.40. The Hall–Kier alpha value is -1.41. The molecule has 0 aromatic rings. The first-order chi connectivity index (χ1) is 32.7. The third-order valence-corrected chi connectivity index (χ3v) is 13.8. The van der Waals surface area contributed by atoms with Crippen molar-refractivity contribution in [3.05, 3.63) is 24.3 Å². The zero-order valence-electron chi connectivity index (χ0n) is 43.1. The van der Waals surface area contributed by atoms with E-state index in [1.54, 1.807) is 0 Å². The molecule has 11 nitrogen and oxygen atoms in total. The van der Waals surface area contributed by atoms with E-state index in [4.69, 9.17) is 9.47 Å². The summed E-state index contributed by atoms with van der Waals surface area (Å²) in [5.74, 6) is -0.707. The molecule has 0 radical (unpaired) electrons. The maximum absolute atomic E-state index is 12.9. The van der Waals surface area contributed by atoms with Gasteiger partial charge < -0.3 is 50.5 Å². The maximum atomic E-state index is 12.9. The van der Waals surface area contributed by atoms with Gasteiger partial charge in [0.1, 0.15) is 36.6 Å². The monoisotopic (exact) mass is 954 g/mol. The number of rotatable bonds is 48. The van der Waals surface area contributed by atoms with E-state index in [-0.39, 0.29) is 12.8 Å². The second kappa shape index (κ2) is 45.7. The van der Waals surface area contributed by atoms with Gasteiger partial charge in [-0.3, -0.25) is 4.79 Å². The minimum Gasteiger partial charge on any atom is -0.394 e. The van der Waals surface area contributed by atoms with Crippen LogP contribution in [0.3, 0.4) is 0 Å². The molecule has 0 bridgehead atoms. The molecular weight excluding hydrogens is 847 g/mol. The van der Waals surface area contributed by atoms with Crippen LogP contribution in [0.2, 0.25) is 0 Å². The molecule has 9 unspecified atom stereocenters. The van der Waals surface area contributed by atoms with Crippen LogP contribution in [0.1, 0.15) is 258 Å². The third-order valence-electron chi connectivity index (χ3n) is 13.8. The number of ether oxygens (including phenoxy) is 2. The molecule has 0 aromatic carbocycles. The van der Waals surface area contributed by atoms with Gasteiger partial charge in [-0.25, -0.2) is 0 Å². The van der Waals surface area contributed by atoms with Crippen LogP contribution in [0, 0.1) is 0 Å². The zero-order chi connectivity index (χ0) is 49.0. The largest absolute Gasteiger partial charge is 0.394 e. The van der Waals surface area contributed by atoms with Crippen LogP contribution in [0.25, 0.3) is 0 Å². The van der Waals surface area contributed by atoms with E-state index in [0.717, 1.165) is 32.1 Å². The van der Waals surface area contributed by atoms with Crippen molar-refractivity contribution in [2.24, 2.45) is 0 Å². The van der Waals surface area contributed by atoms with Crippen molar-refractivity contribution in [3.8, 4) is 0 Å². The molecule has 0 spiro atoms. The molecule has 1 saturated heterocycles. The summed E-state index contributed by atoms with van der Waals surface area (Å²) in [7, 11) is 0. The van der Waals surface area contributed by atoms with Crippen molar-refractivity contribution in [3.63, 3.8) is 0 Å². The average Bonchev–Trinajstić information content (AvgIpc) is 3.33. The van der Waals surface area contributed by atoms with Crippen molar-refractivity contribution < 1.29 is 50.0 Å². The number of carbonyl (C=O) groups is 1. The molecule has 0 aliphatic carbocycles. The summed E-state index contributed by atoms with van der Waals surface area (Å²) in [5, 5.41) is 74.5. The Balaban J connectivity index is 1.97. The van der Waals surface area contributed by atoms with Gasteiger partial charge in [0.25, 0.3) is 0 Å². The lowest BCUT2D eigenvalue weighted by atomic mass is 9.99. The Kier molecular flexibility index (Phi) is 43.4. The summed E-state index contributed by atoms with van der Waals surface area (Å²) < 4.78 is 10.9. The number of aliphatic hydroxyl groups is 7. The van der Waals surface area contributed by atoms with Gasteiger partial charge >= 0.3 is 0 Å².